The van der Waals surface area contributed by atoms with Gasteiger partial charge in [-0.1, -0.05) is 108 Å². The molecule has 8 heteroatoms. The topological polar surface area (TPSA) is 130 Å². The number of phenols is 2. The summed E-state index contributed by atoms with van der Waals surface area (Å²) >= 11 is 0. The Morgan fingerprint density at radius 3 is 1.36 bits per heavy atom. The fraction of sp³-hybridized carbons (Fsp3) is 0.486. The lowest BCUT2D eigenvalue weighted by molar-refractivity contribution is -0.137. The smallest absolute Gasteiger partial charge is 0.303 e. The largest absolute Gasteiger partial charge is 0.504 e. The van der Waals surface area contributed by atoms with Crippen LogP contribution in [0.1, 0.15) is 114 Å². The van der Waals surface area contributed by atoms with Crippen molar-refractivity contribution in [3.05, 3.63) is 59.7 Å². The molecule has 0 aliphatic carbocycles. The molecule has 0 saturated carbocycles. The zero-order valence-corrected chi connectivity index (χ0v) is 27.3. The van der Waals surface area contributed by atoms with Crippen molar-refractivity contribution in [2.75, 3.05) is 14.2 Å². The predicted molar refractivity (Wildman–Crippen MR) is 180 cm³/mol. The van der Waals surface area contributed by atoms with Crippen LogP contribution in [0.5, 0.6) is 23.0 Å². The van der Waals surface area contributed by atoms with Gasteiger partial charge >= 0.3 is 5.97 Å². The standard InChI is InChI=1S/C21H20O6.C16H32O2/c1-26-20-11-14(5-9-18(20)24)3-7-16(22)13-17(23)8-4-15-6-10-19(25)21(12-15)27-2;1-2-3-4-5-6-7-8-9-10-11-12-13-14-15-16(17)18/h3-12,24-25H,13H2,1-2H3;2-15H2,1H3,(H,17,18)/b7-3+,8-4+;. The number of methoxy groups -OCH3 is 2. The second kappa shape index (κ2) is 24.3. The highest BCUT2D eigenvalue weighted by atomic mass is 16.5. The van der Waals surface area contributed by atoms with E-state index in [0.717, 1.165) is 12.8 Å². The first-order valence-electron chi connectivity index (χ1n) is 16.1. The minimum absolute atomic E-state index is 0.00662. The molecule has 0 spiro atoms. The lowest BCUT2D eigenvalue weighted by Crippen LogP contribution is -2.01. The van der Waals surface area contributed by atoms with Crippen LogP contribution in [0.3, 0.4) is 0 Å². The second-order valence-corrected chi connectivity index (χ2v) is 11.0. The van der Waals surface area contributed by atoms with Crippen molar-refractivity contribution >= 4 is 29.7 Å². The molecule has 248 valence electrons. The molecule has 0 amide bonds. The highest BCUT2D eigenvalue weighted by molar-refractivity contribution is 6.10. The van der Waals surface area contributed by atoms with Gasteiger partial charge in [-0.05, 0) is 54.0 Å². The van der Waals surface area contributed by atoms with Crippen LogP contribution in [0.2, 0.25) is 0 Å². The molecule has 2 aromatic carbocycles. The summed E-state index contributed by atoms with van der Waals surface area (Å²) in [5, 5.41) is 27.6. The van der Waals surface area contributed by atoms with Gasteiger partial charge in [-0.2, -0.15) is 0 Å². The predicted octanol–water partition coefficient (Wildman–Crippen LogP) is 8.92. The van der Waals surface area contributed by atoms with E-state index in [4.69, 9.17) is 14.6 Å². The SMILES string of the molecule is CCCCCCCCCCCCCCCC(=O)O.COc1cc(/C=C/C(=O)CC(=O)/C=C/c2ccc(O)c(OC)c2)ccc1O. The van der Waals surface area contributed by atoms with Gasteiger partial charge < -0.3 is 24.8 Å². The van der Waals surface area contributed by atoms with Crippen molar-refractivity contribution in [2.24, 2.45) is 0 Å². The average molecular weight is 625 g/mol. The van der Waals surface area contributed by atoms with E-state index in [0.29, 0.717) is 29.0 Å². The molecule has 0 aliphatic heterocycles. The lowest BCUT2D eigenvalue weighted by Gasteiger charge is -2.03. The minimum Gasteiger partial charge on any atom is -0.504 e. The number of ketones is 2. The van der Waals surface area contributed by atoms with Crippen molar-refractivity contribution in [3.63, 3.8) is 0 Å². The van der Waals surface area contributed by atoms with E-state index < -0.39 is 5.97 Å². The minimum atomic E-state index is -0.655. The fourth-order valence-electron chi connectivity index (χ4n) is 4.56. The summed E-state index contributed by atoms with van der Waals surface area (Å²) in [5.41, 5.74) is 1.33. The number of carbonyl (C=O) groups is 3. The van der Waals surface area contributed by atoms with Crippen LogP contribution in [0.25, 0.3) is 12.2 Å². The van der Waals surface area contributed by atoms with E-state index in [1.54, 1.807) is 36.4 Å². The molecular formula is C37H52O8. The number of aliphatic carboxylic acids is 1. The zero-order chi connectivity index (χ0) is 33.3. The maximum absolute atomic E-state index is 11.9. The van der Waals surface area contributed by atoms with Crippen LogP contribution >= 0.6 is 0 Å². The van der Waals surface area contributed by atoms with Crippen molar-refractivity contribution in [1.29, 1.82) is 0 Å². The van der Waals surface area contributed by atoms with Crippen molar-refractivity contribution in [1.82, 2.24) is 0 Å². The van der Waals surface area contributed by atoms with E-state index in [1.807, 2.05) is 0 Å². The summed E-state index contributed by atoms with van der Waals surface area (Å²) in [5.74, 6) is -0.738. The van der Waals surface area contributed by atoms with Crippen molar-refractivity contribution in [3.8, 4) is 23.0 Å². The highest BCUT2D eigenvalue weighted by Gasteiger charge is 2.06. The van der Waals surface area contributed by atoms with Crippen LogP contribution < -0.4 is 9.47 Å². The zero-order valence-electron chi connectivity index (χ0n) is 27.3. The number of phenolic OH excluding ortho intramolecular Hbond substituents is 2. The number of carboxylic acid groups (broad SMARTS) is 1. The third-order valence-corrected chi connectivity index (χ3v) is 7.17. The van der Waals surface area contributed by atoms with Gasteiger partial charge in [0, 0.05) is 6.42 Å². The number of rotatable bonds is 22. The van der Waals surface area contributed by atoms with E-state index in [1.165, 1.54) is 109 Å². The summed E-state index contributed by atoms with van der Waals surface area (Å²) in [4.78, 5) is 34.2. The van der Waals surface area contributed by atoms with Gasteiger partial charge in [-0.15, -0.1) is 0 Å². The molecule has 0 heterocycles. The number of allylic oxidation sites excluding steroid dienone is 2. The molecule has 2 aromatic rings. The molecule has 0 bridgehead atoms. The van der Waals surface area contributed by atoms with Crippen molar-refractivity contribution in [2.45, 2.75) is 103 Å². The van der Waals surface area contributed by atoms with Gasteiger partial charge in [-0.25, -0.2) is 0 Å². The Hall–Kier alpha value is -4.07. The van der Waals surface area contributed by atoms with Crippen LogP contribution in [0, 0.1) is 0 Å². The third-order valence-electron chi connectivity index (χ3n) is 7.17. The summed E-state index contributed by atoms with van der Waals surface area (Å²) in [7, 11) is 2.87. The van der Waals surface area contributed by atoms with E-state index >= 15 is 0 Å². The monoisotopic (exact) mass is 624 g/mol. The maximum atomic E-state index is 11.9. The van der Waals surface area contributed by atoms with E-state index in [2.05, 4.69) is 6.92 Å². The Morgan fingerprint density at radius 1 is 0.622 bits per heavy atom. The number of hydrogen-bond donors (Lipinski definition) is 3. The molecule has 0 saturated heterocycles. The normalized spacial score (nSPS) is 10.9. The Balaban J connectivity index is 0.000000492. The highest BCUT2D eigenvalue weighted by Crippen LogP contribution is 2.27. The summed E-state index contributed by atoms with van der Waals surface area (Å²) in [6, 6.07) is 9.34. The van der Waals surface area contributed by atoms with E-state index in [9.17, 15) is 24.6 Å². The summed E-state index contributed by atoms with van der Waals surface area (Å²) < 4.78 is 10.00. The number of benzene rings is 2. The van der Waals surface area contributed by atoms with Crippen LogP contribution in [-0.2, 0) is 14.4 Å². The Bertz CT molecular complexity index is 1140. The molecule has 8 nitrogen and oxygen atoms in total. The number of unbranched alkanes of at least 4 members (excludes halogenated alkanes) is 12. The number of aromatic hydroxyl groups is 2. The lowest BCUT2D eigenvalue weighted by atomic mass is 10.0. The molecule has 2 rings (SSSR count). The molecule has 3 N–H and O–H groups in total. The Kier molecular flexibility index (Phi) is 21.0. The van der Waals surface area contributed by atoms with Gasteiger partial charge in [0.2, 0.25) is 0 Å². The Morgan fingerprint density at radius 2 is 1.00 bits per heavy atom. The summed E-state index contributed by atoms with van der Waals surface area (Å²) in [6.45, 7) is 2.26. The fourth-order valence-corrected chi connectivity index (χ4v) is 4.56. The van der Waals surface area contributed by atoms with Crippen LogP contribution in [0.4, 0.5) is 0 Å². The Labute approximate surface area is 268 Å². The number of carboxylic acids is 1. The first-order valence-corrected chi connectivity index (χ1v) is 16.1. The molecular weight excluding hydrogens is 572 g/mol. The van der Waals surface area contributed by atoms with Gasteiger partial charge in [0.05, 0.1) is 20.6 Å². The first kappa shape index (κ1) is 39.0. The van der Waals surface area contributed by atoms with E-state index in [-0.39, 0.29) is 29.5 Å². The quantitative estimate of drug-likeness (QED) is 0.0672. The van der Waals surface area contributed by atoms with Crippen molar-refractivity contribution < 1.29 is 39.2 Å². The van der Waals surface area contributed by atoms with Crippen LogP contribution in [0.15, 0.2) is 48.6 Å². The molecule has 0 atom stereocenters. The van der Waals surface area contributed by atoms with Crippen LogP contribution in [-0.4, -0.2) is 47.1 Å². The number of hydrogen-bond acceptors (Lipinski definition) is 7. The molecule has 45 heavy (non-hydrogen) atoms. The van der Waals surface area contributed by atoms with Gasteiger partial charge in [0.25, 0.3) is 0 Å². The second-order valence-electron chi connectivity index (χ2n) is 11.0. The molecule has 0 fully saturated rings. The maximum Gasteiger partial charge on any atom is 0.303 e. The van der Waals surface area contributed by atoms with Gasteiger partial charge in [0.1, 0.15) is 0 Å². The molecule has 0 radical (unpaired) electrons. The number of carbonyl (C=O) groups excluding carboxylic acids is 2. The van der Waals surface area contributed by atoms with Gasteiger partial charge in [0.15, 0.2) is 34.6 Å². The average Bonchev–Trinajstić information content (AvgIpc) is 3.02. The third kappa shape index (κ3) is 19.0. The summed E-state index contributed by atoms with van der Waals surface area (Å²) in [6.07, 6.45) is 22.7. The molecule has 0 aliphatic rings. The number of ether oxygens (including phenoxy) is 2. The van der Waals surface area contributed by atoms with Gasteiger partial charge in [-0.3, -0.25) is 14.4 Å². The molecule has 0 aromatic heterocycles. The first-order chi connectivity index (χ1) is 21.7. The molecule has 0 unspecified atom stereocenters.